The zero-order chi connectivity index (χ0) is 19.6. The van der Waals surface area contributed by atoms with Crippen molar-refractivity contribution >= 4 is 34.8 Å². The van der Waals surface area contributed by atoms with Crippen molar-refractivity contribution in [1.82, 2.24) is 0 Å². The molecule has 0 unspecified atom stereocenters. The van der Waals surface area contributed by atoms with E-state index in [-0.39, 0.29) is 18.2 Å². The van der Waals surface area contributed by atoms with Gasteiger partial charge in [-0.1, -0.05) is 17.7 Å². The number of halogens is 1. The molecule has 0 radical (unpaired) electrons. The molecule has 1 aliphatic rings. The van der Waals surface area contributed by atoms with Gasteiger partial charge in [0.25, 0.3) is 0 Å². The fraction of sp³-hybridized carbons (Fsp3) is 0.300. The van der Waals surface area contributed by atoms with E-state index in [4.69, 9.17) is 21.1 Å². The fourth-order valence-corrected chi connectivity index (χ4v) is 3.32. The van der Waals surface area contributed by atoms with E-state index in [1.165, 1.54) is 7.11 Å². The first-order valence-electron chi connectivity index (χ1n) is 8.53. The van der Waals surface area contributed by atoms with E-state index >= 15 is 0 Å². The molecule has 2 aromatic carbocycles. The fourth-order valence-electron chi connectivity index (χ4n) is 3.15. The predicted molar refractivity (Wildman–Crippen MR) is 105 cm³/mol. The number of nitrogens with one attached hydrogen (secondary N) is 1. The van der Waals surface area contributed by atoms with Crippen LogP contribution in [0.3, 0.4) is 0 Å². The van der Waals surface area contributed by atoms with Crippen molar-refractivity contribution < 1.29 is 19.1 Å². The second-order valence-corrected chi connectivity index (χ2v) is 6.75. The molecular formula is C20H21ClN2O4. The molecule has 27 heavy (non-hydrogen) atoms. The van der Waals surface area contributed by atoms with E-state index in [1.807, 2.05) is 13.0 Å². The summed E-state index contributed by atoms with van der Waals surface area (Å²) >= 11 is 6.17. The number of methoxy groups -OCH3 is 2. The van der Waals surface area contributed by atoms with Crippen LogP contribution in [0.15, 0.2) is 36.4 Å². The molecule has 0 saturated carbocycles. The maximum absolute atomic E-state index is 12.7. The maximum Gasteiger partial charge on any atom is 0.229 e. The van der Waals surface area contributed by atoms with Crippen LogP contribution in [0.2, 0.25) is 5.02 Å². The molecule has 1 atom stereocenters. The van der Waals surface area contributed by atoms with E-state index in [0.717, 1.165) is 11.3 Å². The van der Waals surface area contributed by atoms with Gasteiger partial charge in [-0.05, 0) is 36.8 Å². The predicted octanol–water partition coefficient (Wildman–Crippen LogP) is 3.66. The summed E-state index contributed by atoms with van der Waals surface area (Å²) in [6, 6.07) is 10.6. The summed E-state index contributed by atoms with van der Waals surface area (Å²) < 4.78 is 10.5. The van der Waals surface area contributed by atoms with Gasteiger partial charge in [0.1, 0.15) is 11.5 Å². The van der Waals surface area contributed by atoms with Gasteiger partial charge in [0, 0.05) is 29.7 Å². The van der Waals surface area contributed by atoms with Gasteiger partial charge in [0.2, 0.25) is 11.8 Å². The molecule has 1 N–H and O–H groups in total. The van der Waals surface area contributed by atoms with Crippen molar-refractivity contribution in [3.8, 4) is 11.5 Å². The molecule has 6 nitrogen and oxygen atoms in total. The van der Waals surface area contributed by atoms with Crippen molar-refractivity contribution in [1.29, 1.82) is 0 Å². The normalized spacial score (nSPS) is 16.4. The van der Waals surface area contributed by atoms with Crippen LogP contribution in [0.25, 0.3) is 0 Å². The molecule has 3 rings (SSSR count). The van der Waals surface area contributed by atoms with Crippen molar-refractivity contribution in [2.45, 2.75) is 13.3 Å². The van der Waals surface area contributed by atoms with Crippen LogP contribution in [0.1, 0.15) is 12.0 Å². The quantitative estimate of drug-likeness (QED) is 0.848. The number of amides is 2. The van der Waals surface area contributed by atoms with Crippen LogP contribution >= 0.6 is 11.6 Å². The first-order valence-corrected chi connectivity index (χ1v) is 8.90. The first-order chi connectivity index (χ1) is 12.9. The highest BCUT2D eigenvalue weighted by atomic mass is 35.5. The number of anilines is 2. The van der Waals surface area contributed by atoms with Crippen LogP contribution < -0.4 is 19.7 Å². The minimum atomic E-state index is -0.466. The number of hydrogen-bond acceptors (Lipinski definition) is 4. The minimum absolute atomic E-state index is 0.0990. The van der Waals surface area contributed by atoms with Gasteiger partial charge < -0.3 is 19.7 Å². The summed E-state index contributed by atoms with van der Waals surface area (Å²) in [6.07, 6.45) is 0.143. The zero-order valence-electron chi connectivity index (χ0n) is 15.4. The SMILES string of the molecule is COc1ccc(OC)c(NC(=O)[C@H]2CC(=O)N(c3cccc(Cl)c3C)C2)c1. The lowest BCUT2D eigenvalue weighted by atomic mass is 10.1. The Bertz CT molecular complexity index is 884. The van der Waals surface area contributed by atoms with Crippen molar-refractivity contribution in [3.63, 3.8) is 0 Å². The number of carbonyl (C=O) groups is 2. The largest absolute Gasteiger partial charge is 0.497 e. The Morgan fingerprint density at radius 3 is 2.70 bits per heavy atom. The van der Waals surface area contributed by atoms with Crippen molar-refractivity contribution in [2.75, 3.05) is 31.0 Å². The van der Waals surface area contributed by atoms with E-state index in [0.29, 0.717) is 28.8 Å². The van der Waals surface area contributed by atoms with Gasteiger partial charge in [-0.15, -0.1) is 0 Å². The van der Waals surface area contributed by atoms with Crippen LogP contribution in [0, 0.1) is 12.8 Å². The Balaban J connectivity index is 1.78. The van der Waals surface area contributed by atoms with E-state index in [9.17, 15) is 9.59 Å². The van der Waals surface area contributed by atoms with E-state index in [1.54, 1.807) is 42.3 Å². The topological polar surface area (TPSA) is 67.9 Å². The molecule has 2 amide bonds. The molecule has 2 aromatic rings. The summed E-state index contributed by atoms with van der Waals surface area (Å²) in [5.74, 6) is 0.322. The van der Waals surface area contributed by atoms with Gasteiger partial charge in [-0.3, -0.25) is 9.59 Å². The number of nitrogens with zero attached hydrogens (tertiary/aromatic N) is 1. The average molecular weight is 389 g/mol. The number of hydrogen-bond donors (Lipinski definition) is 1. The second-order valence-electron chi connectivity index (χ2n) is 6.34. The van der Waals surface area contributed by atoms with Gasteiger partial charge in [-0.25, -0.2) is 0 Å². The molecule has 0 bridgehead atoms. The summed E-state index contributed by atoms with van der Waals surface area (Å²) in [7, 11) is 3.08. The second kappa shape index (κ2) is 7.88. The summed E-state index contributed by atoms with van der Waals surface area (Å²) in [5.41, 5.74) is 2.07. The number of ether oxygens (including phenoxy) is 2. The number of rotatable bonds is 5. The molecule has 1 saturated heterocycles. The van der Waals surface area contributed by atoms with Crippen LogP contribution in [0.5, 0.6) is 11.5 Å². The lowest BCUT2D eigenvalue weighted by Crippen LogP contribution is -2.28. The Labute approximate surface area is 163 Å². The Kier molecular flexibility index (Phi) is 5.56. The van der Waals surface area contributed by atoms with Crippen LogP contribution in [0.4, 0.5) is 11.4 Å². The van der Waals surface area contributed by atoms with Gasteiger partial charge in [0.15, 0.2) is 0 Å². The third-order valence-electron chi connectivity index (χ3n) is 4.69. The third kappa shape index (κ3) is 3.85. The molecule has 7 heteroatoms. The van der Waals surface area contributed by atoms with Crippen LogP contribution in [-0.4, -0.2) is 32.6 Å². The maximum atomic E-state index is 12.7. The molecule has 1 fully saturated rings. The number of benzene rings is 2. The van der Waals surface area contributed by atoms with Crippen LogP contribution in [-0.2, 0) is 9.59 Å². The van der Waals surface area contributed by atoms with Crippen molar-refractivity contribution in [3.05, 3.63) is 47.0 Å². The highest BCUT2D eigenvalue weighted by Gasteiger charge is 2.36. The van der Waals surface area contributed by atoms with E-state index < -0.39 is 5.92 Å². The molecular weight excluding hydrogens is 368 g/mol. The minimum Gasteiger partial charge on any atom is -0.497 e. The van der Waals surface area contributed by atoms with E-state index in [2.05, 4.69) is 5.32 Å². The molecule has 1 aliphatic heterocycles. The standard InChI is InChI=1S/C20H21ClN2O4/c1-12-15(21)5-4-6-17(12)23-11-13(9-19(23)24)20(25)22-16-10-14(26-2)7-8-18(16)27-3/h4-8,10,13H,9,11H2,1-3H3,(H,22,25)/t13-/m0/s1. The zero-order valence-corrected chi connectivity index (χ0v) is 16.2. The van der Waals surface area contributed by atoms with Crippen molar-refractivity contribution in [2.24, 2.45) is 5.92 Å². The van der Waals surface area contributed by atoms with Gasteiger partial charge >= 0.3 is 0 Å². The first kappa shape index (κ1) is 19.0. The highest BCUT2D eigenvalue weighted by molar-refractivity contribution is 6.31. The lowest BCUT2D eigenvalue weighted by Gasteiger charge is -2.20. The average Bonchev–Trinajstić information content (AvgIpc) is 3.05. The van der Waals surface area contributed by atoms with Gasteiger partial charge in [-0.2, -0.15) is 0 Å². The summed E-state index contributed by atoms with van der Waals surface area (Å²) in [6.45, 7) is 2.16. The summed E-state index contributed by atoms with van der Waals surface area (Å²) in [5, 5.41) is 3.44. The Morgan fingerprint density at radius 1 is 1.22 bits per heavy atom. The third-order valence-corrected chi connectivity index (χ3v) is 5.10. The molecule has 142 valence electrons. The molecule has 1 heterocycles. The Hall–Kier alpha value is -2.73. The molecule has 0 aromatic heterocycles. The van der Waals surface area contributed by atoms with Gasteiger partial charge in [0.05, 0.1) is 25.8 Å². The molecule has 0 spiro atoms. The lowest BCUT2D eigenvalue weighted by molar-refractivity contribution is -0.122. The monoisotopic (exact) mass is 388 g/mol. The highest BCUT2D eigenvalue weighted by Crippen LogP contribution is 2.33. The Morgan fingerprint density at radius 2 is 2.00 bits per heavy atom. The molecule has 0 aliphatic carbocycles. The smallest absolute Gasteiger partial charge is 0.229 e. The summed E-state index contributed by atoms with van der Waals surface area (Å²) in [4.78, 5) is 26.9. The number of carbonyl (C=O) groups excluding carboxylic acids is 2.